The Kier molecular flexibility index (Phi) is 12.4. The Morgan fingerprint density at radius 2 is 1.31 bits per heavy atom. The molecule has 0 N–H and O–H groups in total. The third kappa shape index (κ3) is 7.41. The number of hydrogen-bond acceptors (Lipinski definition) is 1. The van der Waals surface area contributed by atoms with Gasteiger partial charge in [0.1, 0.15) is 0 Å². The van der Waals surface area contributed by atoms with Gasteiger partial charge in [-0.25, -0.2) is 0 Å². The van der Waals surface area contributed by atoms with Crippen LogP contribution in [-0.4, -0.2) is 6.26 Å². The van der Waals surface area contributed by atoms with Crippen LogP contribution >= 0.6 is 11.8 Å². The summed E-state index contributed by atoms with van der Waals surface area (Å²) in [4.78, 5) is 1.33. The minimum atomic E-state index is 1.33. The quantitative estimate of drug-likeness (QED) is 0.474. The van der Waals surface area contributed by atoms with Crippen molar-refractivity contribution in [2.75, 3.05) is 6.26 Å². The predicted molar refractivity (Wildman–Crippen MR) is 65.5 cm³/mol. The van der Waals surface area contributed by atoms with Crippen molar-refractivity contribution in [3.8, 4) is 0 Å². The first-order valence-electron chi connectivity index (χ1n) is 3.93. The third-order valence-corrected chi connectivity index (χ3v) is 2.00. The van der Waals surface area contributed by atoms with E-state index in [2.05, 4.69) is 63.8 Å². The zero-order chi connectivity index (χ0) is 10.7. The van der Waals surface area contributed by atoms with Gasteiger partial charge in [0.2, 0.25) is 0 Å². The van der Waals surface area contributed by atoms with Crippen molar-refractivity contribution in [2.24, 2.45) is 0 Å². The number of benzene rings is 1. The summed E-state index contributed by atoms with van der Waals surface area (Å²) < 4.78 is 0. The summed E-state index contributed by atoms with van der Waals surface area (Å²) in [6, 6.07) is 8.54. The molecular formula is C12H18S. The number of hydrogen-bond donors (Lipinski definition) is 0. The van der Waals surface area contributed by atoms with E-state index in [-0.39, 0.29) is 0 Å². The van der Waals surface area contributed by atoms with Gasteiger partial charge in [0.05, 0.1) is 0 Å². The molecule has 1 rings (SSSR count). The van der Waals surface area contributed by atoms with Gasteiger partial charge in [-0.1, -0.05) is 17.7 Å². The van der Waals surface area contributed by atoms with E-state index in [1.165, 1.54) is 10.5 Å². The number of rotatable bonds is 1. The van der Waals surface area contributed by atoms with Gasteiger partial charge in [-0.05, 0) is 25.3 Å². The summed E-state index contributed by atoms with van der Waals surface area (Å²) in [6.45, 7) is 14.1. The summed E-state index contributed by atoms with van der Waals surface area (Å²) in [5.41, 5.74) is 1.33. The van der Waals surface area contributed by atoms with Crippen LogP contribution in [0.5, 0.6) is 0 Å². The first-order valence-corrected chi connectivity index (χ1v) is 5.16. The lowest BCUT2D eigenvalue weighted by Crippen LogP contribution is -1.70. The molecule has 0 atom stereocenters. The largest absolute Gasteiger partial charge is 0.130 e. The van der Waals surface area contributed by atoms with Gasteiger partial charge in [0.15, 0.2) is 0 Å². The number of thioether (sulfide) groups is 1. The molecule has 1 aromatic rings. The Balaban J connectivity index is 0. The average molecular weight is 194 g/mol. The van der Waals surface area contributed by atoms with Crippen LogP contribution in [0, 0.1) is 6.92 Å². The molecule has 0 saturated carbocycles. The highest BCUT2D eigenvalue weighted by atomic mass is 32.2. The fourth-order valence-corrected chi connectivity index (χ4v) is 1.08. The van der Waals surface area contributed by atoms with E-state index < -0.39 is 0 Å². The van der Waals surface area contributed by atoms with Crippen molar-refractivity contribution in [1.29, 1.82) is 0 Å². The minimum Gasteiger partial charge on any atom is -0.130 e. The van der Waals surface area contributed by atoms with Crippen LogP contribution in [0.25, 0.3) is 0 Å². The van der Waals surface area contributed by atoms with Crippen molar-refractivity contribution in [1.82, 2.24) is 0 Å². The monoisotopic (exact) mass is 194 g/mol. The highest BCUT2D eigenvalue weighted by molar-refractivity contribution is 7.98. The first-order chi connectivity index (χ1) is 6.33. The summed E-state index contributed by atoms with van der Waals surface area (Å²) in [5.74, 6) is 0. The lowest BCUT2D eigenvalue weighted by molar-refractivity contribution is 1.38. The average Bonchev–Trinajstić information content (AvgIpc) is 2.25. The molecule has 0 spiro atoms. The summed E-state index contributed by atoms with van der Waals surface area (Å²) >= 11 is 1.78. The van der Waals surface area contributed by atoms with E-state index in [9.17, 15) is 0 Å². The van der Waals surface area contributed by atoms with E-state index in [1.54, 1.807) is 11.8 Å². The molecule has 0 aliphatic heterocycles. The fourth-order valence-electron chi connectivity index (χ4n) is 0.674. The molecule has 0 fully saturated rings. The standard InChI is InChI=1S/C8H10S.2C2H4/c1-7-3-5-8(9-2)6-4-7;2*1-2/h3-6H,1-2H3;2*1-2H2. The second-order valence-corrected chi connectivity index (χ2v) is 2.90. The molecule has 72 valence electrons. The lowest BCUT2D eigenvalue weighted by Gasteiger charge is -1.93. The van der Waals surface area contributed by atoms with E-state index >= 15 is 0 Å². The van der Waals surface area contributed by atoms with Crippen molar-refractivity contribution in [3.05, 3.63) is 56.1 Å². The van der Waals surface area contributed by atoms with E-state index in [0.29, 0.717) is 0 Å². The van der Waals surface area contributed by atoms with Crippen LogP contribution < -0.4 is 0 Å². The molecular weight excluding hydrogens is 176 g/mol. The van der Waals surface area contributed by atoms with Crippen LogP contribution in [0.2, 0.25) is 0 Å². The molecule has 1 aromatic carbocycles. The van der Waals surface area contributed by atoms with Gasteiger partial charge in [0, 0.05) is 4.90 Å². The van der Waals surface area contributed by atoms with Gasteiger partial charge in [-0.15, -0.1) is 38.1 Å². The molecule has 0 saturated heterocycles. The van der Waals surface area contributed by atoms with Gasteiger partial charge in [-0.2, -0.15) is 0 Å². The van der Waals surface area contributed by atoms with Crippen LogP contribution in [0.1, 0.15) is 5.56 Å². The zero-order valence-electron chi connectivity index (χ0n) is 8.55. The molecule has 0 unspecified atom stereocenters. The van der Waals surface area contributed by atoms with Gasteiger partial charge >= 0.3 is 0 Å². The molecule has 0 aliphatic rings. The molecule has 0 amide bonds. The van der Waals surface area contributed by atoms with Crippen LogP contribution in [-0.2, 0) is 0 Å². The van der Waals surface area contributed by atoms with E-state index in [0.717, 1.165) is 0 Å². The second-order valence-electron chi connectivity index (χ2n) is 2.02. The maximum atomic E-state index is 3.00. The van der Waals surface area contributed by atoms with Crippen LogP contribution in [0.4, 0.5) is 0 Å². The summed E-state index contributed by atoms with van der Waals surface area (Å²) in [5, 5.41) is 0. The van der Waals surface area contributed by atoms with E-state index in [4.69, 9.17) is 0 Å². The molecule has 0 bridgehead atoms. The fraction of sp³-hybridized carbons (Fsp3) is 0.167. The molecule has 0 radical (unpaired) electrons. The van der Waals surface area contributed by atoms with Crippen molar-refractivity contribution in [3.63, 3.8) is 0 Å². The lowest BCUT2D eigenvalue weighted by atomic mass is 10.2. The summed E-state index contributed by atoms with van der Waals surface area (Å²) in [6.07, 6.45) is 2.09. The Bertz CT molecular complexity index is 199. The highest BCUT2D eigenvalue weighted by Gasteiger charge is 1.85. The highest BCUT2D eigenvalue weighted by Crippen LogP contribution is 2.13. The molecule has 0 heterocycles. The van der Waals surface area contributed by atoms with Gasteiger partial charge in [-0.3, -0.25) is 0 Å². The second kappa shape index (κ2) is 11.1. The molecule has 13 heavy (non-hydrogen) atoms. The Morgan fingerprint density at radius 1 is 0.923 bits per heavy atom. The Hall–Kier alpha value is -0.950. The van der Waals surface area contributed by atoms with Gasteiger partial charge in [0.25, 0.3) is 0 Å². The molecule has 0 nitrogen and oxygen atoms in total. The Labute approximate surface area is 86.4 Å². The minimum absolute atomic E-state index is 1.33. The van der Waals surface area contributed by atoms with Crippen molar-refractivity contribution in [2.45, 2.75) is 11.8 Å². The number of aryl methyl sites for hydroxylation is 1. The van der Waals surface area contributed by atoms with Crippen LogP contribution in [0.3, 0.4) is 0 Å². The predicted octanol–water partition coefficient (Wildman–Crippen LogP) is 4.32. The molecule has 0 aliphatic carbocycles. The van der Waals surface area contributed by atoms with E-state index in [1.807, 2.05) is 0 Å². The van der Waals surface area contributed by atoms with Crippen molar-refractivity contribution < 1.29 is 0 Å². The smallest absolute Gasteiger partial charge is 0.00693 e. The third-order valence-electron chi connectivity index (χ3n) is 1.26. The molecule has 0 aromatic heterocycles. The first kappa shape index (κ1) is 14.6. The normalized spacial score (nSPS) is 7.23. The maximum Gasteiger partial charge on any atom is 0.00693 e. The SMILES string of the molecule is C=C.C=C.CSc1ccc(C)cc1. The maximum absolute atomic E-state index is 3.00. The zero-order valence-corrected chi connectivity index (χ0v) is 9.36. The van der Waals surface area contributed by atoms with Crippen LogP contribution in [0.15, 0.2) is 55.5 Å². The molecule has 1 heteroatoms. The van der Waals surface area contributed by atoms with Gasteiger partial charge < -0.3 is 0 Å². The summed E-state index contributed by atoms with van der Waals surface area (Å²) in [7, 11) is 0. The topological polar surface area (TPSA) is 0 Å². The Morgan fingerprint density at radius 3 is 1.62 bits per heavy atom. The van der Waals surface area contributed by atoms with Crippen molar-refractivity contribution >= 4 is 11.8 Å².